The second-order valence-corrected chi connectivity index (χ2v) is 5.39. The second kappa shape index (κ2) is 6.66. The van der Waals surface area contributed by atoms with Crippen LogP contribution in [-0.4, -0.2) is 6.61 Å². The summed E-state index contributed by atoms with van der Waals surface area (Å²) in [5.74, 6) is -1.48. The predicted octanol–water partition coefficient (Wildman–Crippen LogP) is 5.66. The van der Waals surface area contributed by atoms with Crippen molar-refractivity contribution in [3.8, 4) is 5.75 Å². The van der Waals surface area contributed by atoms with Crippen molar-refractivity contribution in [2.24, 2.45) is 0 Å². The third-order valence-electron chi connectivity index (χ3n) is 2.69. The first-order valence-corrected chi connectivity index (χ1v) is 6.94. The third kappa shape index (κ3) is 3.89. The Morgan fingerprint density at radius 1 is 1.05 bits per heavy atom. The Hall–Kier alpha value is -1.27. The van der Waals surface area contributed by atoms with E-state index in [2.05, 4.69) is 20.7 Å². The van der Waals surface area contributed by atoms with Crippen LogP contribution in [0.4, 0.5) is 17.6 Å². The van der Waals surface area contributed by atoms with Gasteiger partial charge in [0.05, 0.1) is 9.85 Å². The van der Waals surface area contributed by atoms with Gasteiger partial charge in [-0.2, -0.15) is 8.78 Å². The number of alkyl halides is 3. The van der Waals surface area contributed by atoms with Gasteiger partial charge in [-0.05, 0) is 45.8 Å². The van der Waals surface area contributed by atoms with Crippen molar-refractivity contribution in [3.63, 3.8) is 0 Å². The van der Waals surface area contributed by atoms with E-state index in [-0.39, 0.29) is 15.8 Å². The molecule has 2 aromatic carbocycles. The molecule has 0 radical (unpaired) electrons. The zero-order valence-corrected chi connectivity index (χ0v) is 12.6. The number of halogens is 6. The highest BCUT2D eigenvalue weighted by Crippen LogP contribution is 2.34. The van der Waals surface area contributed by atoms with Gasteiger partial charge in [-0.3, -0.25) is 0 Å². The average molecular weight is 384 g/mol. The molecule has 0 saturated heterocycles. The van der Waals surface area contributed by atoms with Crippen LogP contribution in [0.5, 0.6) is 5.75 Å². The van der Waals surface area contributed by atoms with Crippen molar-refractivity contribution < 1.29 is 22.3 Å². The molecule has 0 N–H and O–H groups in total. The molecule has 0 heterocycles. The molecule has 1 unspecified atom stereocenters. The van der Waals surface area contributed by atoms with Gasteiger partial charge in [-0.15, -0.1) is 11.6 Å². The first-order valence-electron chi connectivity index (χ1n) is 5.71. The highest BCUT2D eigenvalue weighted by atomic mass is 79.9. The van der Waals surface area contributed by atoms with Gasteiger partial charge in [0, 0.05) is 5.56 Å². The van der Waals surface area contributed by atoms with Crippen molar-refractivity contribution in [1.82, 2.24) is 0 Å². The summed E-state index contributed by atoms with van der Waals surface area (Å²) in [6.07, 6.45) is 0. The van der Waals surface area contributed by atoms with Crippen molar-refractivity contribution in [3.05, 3.63) is 63.6 Å². The number of hydrogen-bond donors (Lipinski definition) is 0. The van der Waals surface area contributed by atoms with Crippen LogP contribution in [0, 0.1) is 11.6 Å². The van der Waals surface area contributed by atoms with E-state index >= 15 is 0 Å². The van der Waals surface area contributed by atoms with Crippen LogP contribution in [0.1, 0.15) is 16.5 Å². The Kier molecular flexibility index (Phi) is 5.11. The maximum absolute atomic E-state index is 13.8. The molecule has 112 valence electrons. The molecule has 1 nitrogen and oxygen atoms in total. The lowest BCUT2D eigenvalue weighted by atomic mass is 10.0. The van der Waals surface area contributed by atoms with E-state index in [1.165, 1.54) is 24.3 Å². The number of hydrogen-bond acceptors (Lipinski definition) is 1. The Bertz CT molecular complexity index is 651. The monoisotopic (exact) mass is 382 g/mol. The molecule has 2 aromatic rings. The van der Waals surface area contributed by atoms with Crippen LogP contribution < -0.4 is 4.74 Å². The minimum absolute atomic E-state index is 0.0256. The summed E-state index contributed by atoms with van der Waals surface area (Å²) in [6.45, 7) is -2.98. The van der Waals surface area contributed by atoms with Crippen LogP contribution in [0.15, 0.2) is 40.9 Å². The van der Waals surface area contributed by atoms with Gasteiger partial charge in [-0.1, -0.05) is 12.1 Å². The summed E-state index contributed by atoms with van der Waals surface area (Å²) in [7, 11) is 0. The molecular formula is C14H8BrClF4O. The van der Waals surface area contributed by atoms with E-state index in [1.54, 1.807) is 0 Å². The standard InChI is InChI=1S/C14H8BrClF4O/c15-10-6-11(17)9(5-12(10)18)13(16)7-2-1-3-8(4-7)21-14(19)20/h1-6,13-14H. The summed E-state index contributed by atoms with van der Waals surface area (Å²) in [6, 6.07) is 7.43. The summed E-state index contributed by atoms with van der Waals surface area (Å²) in [4.78, 5) is 0. The summed E-state index contributed by atoms with van der Waals surface area (Å²) in [5.41, 5.74) is 0.224. The molecule has 21 heavy (non-hydrogen) atoms. The minimum Gasteiger partial charge on any atom is -0.435 e. The molecular weight excluding hydrogens is 376 g/mol. The van der Waals surface area contributed by atoms with Gasteiger partial charge in [0.15, 0.2) is 0 Å². The summed E-state index contributed by atoms with van der Waals surface area (Å²) in [5, 5.41) is -1.03. The van der Waals surface area contributed by atoms with Crippen molar-refractivity contribution in [2.75, 3.05) is 0 Å². The Balaban J connectivity index is 2.36. The molecule has 0 fully saturated rings. The number of rotatable bonds is 4. The summed E-state index contributed by atoms with van der Waals surface area (Å²) >= 11 is 8.97. The van der Waals surface area contributed by atoms with E-state index in [0.717, 1.165) is 12.1 Å². The second-order valence-electron chi connectivity index (χ2n) is 4.10. The van der Waals surface area contributed by atoms with Crippen LogP contribution in [0.3, 0.4) is 0 Å². The van der Waals surface area contributed by atoms with Gasteiger partial charge in [0.2, 0.25) is 0 Å². The molecule has 7 heteroatoms. The van der Waals surface area contributed by atoms with Gasteiger partial charge >= 0.3 is 6.61 Å². The fourth-order valence-electron chi connectivity index (χ4n) is 1.76. The van der Waals surface area contributed by atoms with Gasteiger partial charge in [0.25, 0.3) is 0 Å². The van der Waals surface area contributed by atoms with E-state index in [9.17, 15) is 17.6 Å². The lowest BCUT2D eigenvalue weighted by molar-refractivity contribution is -0.0498. The quantitative estimate of drug-likeness (QED) is 0.376. The average Bonchev–Trinajstić information content (AvgIpc) is 2.41. The fourth-order valence-corrected chi connectivity index (χ4v) is 2.38. The molecule has 0 saturated carbocycles. The molecule has 0 spiro atoms. The zero-order valence-electron chi connectivity index (χ0n) is 10.3. The molecule has 0 bridgehead atoms. The van der Waals surface area contributed by atoms with Gasteiger partial charge < -0.3 is 4.74 Å². The Labute approximate surface area is 131 Å². The lowest BCUT2D eigenvalue weighted by Crippen LogP contribution is -2.03. The molecule has 1 atom stereocenters. The van der Waals surface area contributed by atoms with E-state index in [1.807, 2.05) is 0 Å². The first kappa shape index (κ1) is 16.1. The lowest BCUT2D eigenvalue weighted by Gasteiger charge is -2.13. The van der Waals surface area contributed by atoms with Crippen LogP contribution >= 0.6 is 27.5 Å². The molecule has 2 rings (SSSR count). The van der Waals surface area contributed by atoms with Crippen LogP contribution in [-0.2, 0) is 0 Å². The molecule has 0 aliphatic rings. The maximum atomic E-state index is 13.8. The maximum Gasteiger partial charge on any atom is 0.387 e. The predicted molar refractivity (Wildman–Crippen MR) is 74.8 cm³/mol. The third-order valence-corrected chi connectivity index (χ3v) is 3.78. The van der Waals surface area contributed by atoms with Gasteiger partial charge in [0.1, 0.15) is 17.4 Å². The molecule has 0 amide bonds. The number of benzene rings is 2. The van der Waals surface area contributed by atoms with Crippen molar-refractivity contribution in [2.45, 2.75) is 12.0 Å². The highest BCUT2D eigenvalue weighted by Gasteiger charge is 2.19. The van der Waals surface area contributed by atoms with Gasteiger partial charge in [-0.25, -0.2) is 8.78 Å². The topological polar surface area (TPSA) is 9.23 Å². The highest BCUT2D eigenvalue weighted by molar-refractivity contribution is 9.10. The largest absolute Gasteiger partial charge is 0.435 e. The van der Waals surface area contributed by atoms with Crippen molar-refractivity contribution in [1.29, 1.82) is 0 Å². The molecule has 0 aliphatic carbocycles. The summed E-state index contributed by atoms with van der Waals surface area (Å²) < 4.78 is 55.9. The SMILES string of the molecule is Fc1cc(C(Cl)c2cccc(OC(F)F)c2)c(F)cc1Br. The van der Waals surface area contributed by atoms with E-state index in [0.29, 0.717) is 5.56 Å². The van der Waals surface area contributed by atoms with E-state index < -0.39 is 23.6 Å². The smallest absolute Gasteiger partial charge is 0.387 e. The molecule has 0 aromatic heterocycles. The fraction of sp³-hybridized carbons (Fsp3) is 0.143. The molecule has 0 aliphatic heterocycles. The van der Waals surface area contributed by atoms with Crippen LogP contribution in [0.2, 0.25) is 0 Å². The minimum atomic E-state index is -2.98. The zero-order chi connectivity index (χ0) is 15.6. The van der Waals surface area contributed by atoms with Crippen molar-refractivity contribution >= 4 is 27.5 Å². The first-order chi connectivity index (χ1) is 9.88. The Morgan fingerprint density at radius 3 is 2.43 bits per heavy atom. The normalized spacial score (nSPS) is 12.5. The Morgan fingerprint density at radius 2 is 1.76 bits per heavy atom. The van der Waals surface area contributed by atoms with E-state index in [4.69, 9.17) is 11.6 Å². The number of ether oxygens (including phenoxy) is 1. The van der Waals surface area contributed by atoms with Crippen LogP contribution in [0.25, 0.3) is 0 Å².